The Morgan fingerprint density at radius 1 is 1.18 bits per heavy atom. The Balaban J connectivity index is 1.74. The second kappa shape index (κ2) is 11.2. The number of halogens is 2. The highest BCUT2D eigenvalue weighted by atomic mass is 35.5. The van der Waals surface area contributed by atoms with Crippen LogP contribution in [0.4, 0.5) is 4.39 Å². The van der Waals surface area contributed by atoms with Crippen molar-refractivity contribution >= 4 is 51.3 Å². The van der Waals surface area contributed by atoms with E-state index in [2.05, 4.69) is 14.7 Å². The number of H-pyrrole nitrogens is 1. The average molecular weight is 564 g/mol. The lowest BCUT2D eigenvalue weighted by molar-refractivity contribution is 0.0977. The van der Waals surface area contributed by atoms with Crippen LogP contribution in [0.1, 0.15) is 21.6 Å². The predicted octanol–water partition coefficient (Wildman–Crippen LogP) is 5.63. The summed E-state index contributed by atoms with van der Waals surface area (Å²) >= 11 is 7.89. The first kappa shape index (κ1) is 26.9. The summed E-state index contributed by atoms with van der Waals surface area (Å²) in [5.74, 6) is -0.144. The van der Waals surface area contributed by atoms with E-state index in [0.29, 0.717) is 38.9 Å². The van der Waals surface area contributed by atoms with Gasteiger partial charge in [0.25, 0.3) is 11.5 Å². The number of nitrogens with zero attached hydrogens (tertiary/aromatic N) is 3. The quantitative estimate of drug-likeness (QED) is 0.145. The highest BCUT2D eigenvalue weighted by Crippen LogP contribution is 2.36. The van der Waals surface area contributed by atoms with Crippen LogP contribution in [0.5, 0.6) is 0 Å². The second-order valence-electron chi connectivity index (χ2n) is 9.56. The van der Waals surface area contributed by atoms with Gasteiger partial charge in [-0.2, -0.15) is 0 Å². The number of fused-ring (bicyclic) bond motifs is 2. The monoisotopic (exact) mass is 563 g/mol. The van der Waals surface area contributed by atoms with Crippen molar-refractivity contribution in [3.8, 4) is 11.1 Å². The molecule has 2 N–H and O–H groups in total. The number of rotatable bonds is 8. The third-order valence-electron chi connectivity index (χ3n) is 6.53. The fourth-order valence-corrected chi connectivity index (χ4v) is 5.57. The number of nitrogens with one attached hydrogen (secondary N) is 2. The highest BCUT2D eigenvalue weighted by molar-refractivity contribution is 7.97. The molecule has 39 heavy (non-hydrogen) atoms. The highest BCUT2D eigenvalue weighted by Gasteiger charge is 2.27. The van der Waals surface area contributed by atoms with E-state index in [1.165, 1.54) is 24.2 Å². The number of carbonyl (C=O) groups is 1. The predicted molar refractivity (Wildman–Crippen MR) is 157 cm³/mol. The summed E-state index contributed by atoms with van der Waals surface area (Å²) in [6.07, 6.45) is 1.54. The number of aryl methyl sites for hydroxylation is 1. The summed E-state index contributed by atoms with van der Waals surface area (Å²) in [4.78, 5) is 36.0. The number of hydrogen-bond donors (Lipinski definition) is 2. The summed E-state index contributed by atoms with van der Waals surface area (Å²) in [5.41, 5.74) is 2.94. The molecule has 10 heteroatoms. The maximum atomic E-state index is 15.0. The number of hydrogen-bond acceptors (Lipinski definition) is 5. The molecule has 1 amide bonds. The number of para-hydroxylation sites is 1. The minimum Gasteiger partial charge on any atom is -0.331 e. The second-order valence-corrected chi connectivity index (χ2v) is 10.8. The number of aromatic nitrogens is 3. The molecule has 0 aliphatic rings. The normalized spacial score (nSPS) is 11.5. The minimum absolute atomic E-state index is 0.144. The Morgan fingerprint density at radius 2 is 1.97 bits per heavy atom. The molecule has 0 saturated carbocycles. The van der Waals surface area contributed by atoms with E-state index in [0.717, 1.165) is 17.4 Å². The molecule has 3 aromatic heterocycles. The molecule has 200 valence electrons. The van der Waals surface area contributed by atoms with Gasteiger partial charge >= 0.3 is 0 Å². The molecule has 2 aromatic carbocycles. The summed E-state index contributed by atoms with van der Waals surface area (Å²) < 4.78 is 19.6. The standard InChI is InChI=1S/C29H27ClFN5O2S/c1-17-13-21-24(15-22(17)31)36(16-19-14-18-7-4-5-9-23(18)33-27(19)30)26(29(38)34-39-12-11-35(2)3)25(21)20-8-6-10-32-28(20)37/h4-10,13-15H,11-12,16H2,1-3H3,(H,32,37)(H,34,38). The maximum absolute atomic E-state index is 15.0. The molecule has 0 unspecified atom stereocenters. The number of aromatic amines is 1. The van der Waals surface area contributed by atoms with E-state index >= 15 is 0 Å². The Morgan fingerprint density at radius 3 is 2.74 bits per heavy atom. The van der Waals surface area contributed by atoms with Crippen LogP contribution in [-0.2, 0) is 6.54 Å². The van der Waals surface area contributed by atoms with E-state index in [1.54, 1.807) is 29.7 Å². The average Bonchev–Trinajstić information content (AvgIpc) is 3.20. The van der Waals surface area contributed by atoms with Gasteiger partial charge in [0.1, 0.15) is 16.7 Å². The Bertz CT molecular complexity index is 1760. The molecular formula is C29H27ClFN5O2S. The molecule has 0 atom stereocenters. The molecule has 5 aromatic rings. The molecule has 0 bridgehead atoms. The number of amides is 1. The van der Waals surface area contributed by atoms with Crippen molar-refractivity contribution in [1.29, 1.82) is 0 Å². The van der Waals surface area contributed by atoms with Gasteiger partial charge in [-0.15, -0.1) is 0 Å². The first-order chi connectivity index (χ1) is 18.7. The lowest BCUT2D eigenvalue weighted by Gasteiger charge is -2.14. The Hall–Kier alpha value is -3.66. The largest absolute Gasteiger partial charge is 0.331 e. The Labute approximate surface area is 234 Å². The van der Waals surface area contributed by atoms with E-state index in [9.17, 15) is 14.0 Å². The third-order valence-corrected chi connectivity index (χ3v) is 7.57. The van der Waals surface area contributed by atoms with Gasteiger partial charge in [-0.3, -0.25) is 14.3 Å². The fourth-order valence-electron chi connectivity index (χ4n) is 4.58. The number of carbonyl (C=O) groups excluding carboxylic acids is 1. The van der Waals surface area contributed by atoms with Gasteiger partial charge in [-0.1, -0.05) is 29.8 Å². The first-order valence-corrected chi connectivity index (χ1v) is 13.7. The van der Waals surface area contributed by atoms with Crippen molar-refractivity contribution in [3.05, 3.63) is 98.9 Å². The van der Waals surface area contributed by atoms with Gasteiger partial charge < -0.3 is 14.5 Å². The smallest absolute Gasteiger partial charge is 0.278 e. The molecule has 5 rings (SSSR count). The summed E-state index contributed by atoms with van der Waals surface area (Å²) in [5, 5.41) is 1.77. The zero-order valence-corrected chi connectivity index (χ0v) is 23.3. The van der Waals surface area contributed by atoms with Gasteiger partial charge in [0, 0.05) is 46.0 Å². The Kier molecular flexibility index (Phi) is 7.74. The summed E-state index contributed by atoms with van der Waals surface area (Å²) in [6, 6.07) is 16.0. The molecular weight excluding hydrogens is 537 g/mol. The van der Waals surface area contributed by atoms with Gasteiger partial charge in [-0.25, -0.2) is 9.37 Å². The third kappa shape index (κ3) is 5.43. The van der Waals surface area contributed by atoms with Crippen LogP contribution >= 0.6 is 23.5 Å². The zero-order valence-electron chi connectivity index (χ0n) is 21.7. The lowest BCUT2D eigenvalue weighted by Crippen LogP contribution is -2.24. The number of pyridine rings is 2. The van der Waals surface area contributed by atoms with Crippen LogP contribution in [0.2, 0.25) is 5.15 Å². The van der Waals surface area contributed by atoms with Crippen molar-refractivity contribution < 1.29 is 9.18 Å². The molecule has 0 aliphatic carbocycles. The van der Waals surface area contributed by atoms with Crippen molar-refractivity contribution in [1.82, 2.24) is 24.2 Å². The van der Waals surface area contributed by atoms with Crippen LogP contribution in [0, 0.1) is 12.7 Å². The van der Waals surface area contributed by atoms with Crippen molar-refractivity contribution in [2.24, 2.45) is 0 Å². The molecule has 0 saturated heterocycles. The van der Waals surface area contributed by atoms with Crippen LogP contribution in [0.15, 0.2) is 65.6 Å². The van der Waals surface area contributed by atoms with Crippen LogP contribution in [0.25, 0.3) is 32.9 Å². The molecule has 0 spiro atoms. The van der Waals surface area contributed by atoms with Gasteiger partial charge in [0.15, 0.2) is 0 Å². The van der Waals surface area contributed by atoms with E-state index in [-0.39, 0.29) is 23.0 Å². The topological polar surface area (TPSA) is 83.0 Å². The SMILES string of the molecule is Cc1cc2c(-c3ccc[nH]c3=O)c(C(=O)NSCCN(C)C)n(Cc3cc4ccccc4nc3Cl)c2cc1F. The van der Waals surface area contributed by atoms with E-state index < -0.39 is 11.7 Å². The van der Waals surface area contributed by atoms with Crippen LogP contribution in [-0.4, -0.2) is 51.7 Å². The van der Waals surface area contributed by atoms with Crippen LogP contribution in [0.3, 0.4) is 0 Å². The first-order valence-electron chi connectivity index (χ1n) is 12.4. The van der Waals surface area contributed by atoms with Crippen LogP contribution < -0.4 is 10.3 Å². The minimum atomic E-state index is -0.412. The van der Waals surface area contributed by atoms with Crippen molar-refractivity contribution in [2.45, 2.75) is 13.5 Å². The number of benzene rings is 2. The molecule has 3 heterocycles. The molecule has 0 aliphatic heterocycles. The summed E-state index contributed by atoms with van der Waals surface area (Å²) in [7, 11) is 3.91. The van der Waals surface area contributed by atoms with E-state index in [4.69, 9.17) is 11.6 Å². The van der Waals surface area contributed by atoms with E-state index in [1.807, 2.05) is 49.3 Å². The fraction of sp³-hybridized carbons (Fsp3) is 0.207. The molecule has 0 fully saturated rings. The van der Waals surface area contributed by atoms with Gasteiger partial charge in [0.2, 0.25) is 0 Å². The van der Waals surface area contributed by atoms with Crippen molar-refractivity contribution in [2.75, 3.05) is 26.4 Å². The molecule has 7 nitrogen and oxygen atoms in total. The zero-order chi connectivity index (χ0) is 27.7. The van der Waals surface area contributed by atoms with Gasteiger partial charge in [-0.05, 0) is 74.9 Å². The van der Waals surface area contributed by atoms with Gasteiger partial charge in [0.05, 0.1) is 17.6 Å². The maximum Gasteiger partial charge on any atom is 0.278 e. The lowest BCUT2D eigenvalue weighted by atomic mass is 10.0. The molecule has 0 radical (unpaired) electrons. The summed E-state index contributed by atoms with van der Waals surface area (Å²) in [6.45, 7) is 2.57. The van der Waals surface area contributed by atoms with Crippen molar-refractivity contribution in [3.63, 3.8) is 0 Å².